The summed E-state index contributed by atoms with van der Waals surface area (Å²) < 4.78 is 0. The lowest BCUT2D eigenvalue weighted by Crippen LogP contribution is -2.04. The topological polar surface area (TPSA) is 26.0 Å². The normalized spacial score (nSPS) is 12.9. The fraction of sp³-hybridized carbons (Fsp3) is 0.400. The van der Waals surface area contributed by atoms with Crippen molar-refractivity contribution in [1.29, 1.82) is 0 Å². The van der Waals surface area contributed by atoms with Crippen molar-refractivity contribution in [2.45, 2.75) is 19.4 Å². The second kappa shape index (κ2) is 4.63. The van der Waals surface area contributed by atoms with Crippen molar-refractivity contribution in [2.75, 3.05) is 5.33 Å². The Hall–Kier alpha value is -0.340. The number of halogens is 1. The molecule has 1 aromatic rings. The highest BCUT2D eigenvalue weighted by molar-refractivity contribution is 9.09. The third-order valence-corrected chi connectivity index (χ3v) is 2.29. The minimum absolute atomic E-state index is 0.142. The van der Waals surface area contributed by atoms with Crippen LogP contribution in [0.1, 0.15) is 24.1 Å². The predicted molar refractivity (Wildman–Crippen MR) is 56.5 cm³/mol. The van der Waals surface area contributed by atoms with E-state index in [-0.39, 0.29) is 6.04 Å². The van der Waals surface area contributed by atoms with Gasteiger partial charge in [0.2, 0.25) is 0 Å². The lowest BCUT2D eigenvalue weighted by Gasteiger charge is -2.05. The summed E-state index contributed by atoms with van der Waals surface area (Å²) in [5, 5.41) is 1.02. The van der Waals surface area contributed by atoms with E-state index in [1.807, 2.05) is 6.92 Å². The molecule has 1 unspecified atom stereocenters. The van der Waals surface area contributed by atoms with Gasteiger partial charge in [-0.15, -0.1) is 0 Å². The van der Waals surface area contributed by atoms with Crippen LogP contribution >= 0.6 is 15.9 Å². The molecule has 0 amide bonds. The molecule has 1 nitrogen and oxygen atoms in total. The van der Waals surface area contributed by atoms with E-state index in [1.54, 1.807) is 0 Å². The fourth-order valence-electron chi connectivity index (χ4n) is 1.10. The third-order valence-electron chi connectivity index (χ3n) is 1.89. The van der Waals surface area contributed by atoms with Crippen LogP contribution in [0.15, 0.2) is 24.3 Å². The van der Waals surface area contributed by atoms with Gasteiger partial charge in [0.15, 0.2) is 0 Å². The first-order chi connectivity index (χ1) is 5.74. The number of hydrogen-bond acceptors (Lipinski definition) is 1. The van der Waals surface area contributed by atoms with Gasteiger partial charge in [-0.2, -0.15) is 0 Å². The summed E-state index contributed by atoms with van der Waals surface area (Å²) in [6.07, 6.45) is 1.08. The minimum atomic E-state index is 0.142. The Balaban J connectivity index is 2.71. The Labute approximate surface area is 82.1 Å². The quantitative estimate of drug-likeness (QED) is 0.790. The first kappa shape index (κ1) is 9.75. The molecule has 1 rings (SSSR count). The van der Waals surface area contributed by atoms with Crippen LogP contribution in [0, 0.1) is 0 Å². The van der Waals surface area contributed by atoms with Crippen LogP contribution in [-0.4, -0.2) is 5.33 Å². The van der Waals surface area contributed by atoms with Crippen LogP contribution in [0.5, 0.6) is 0 Å². The maximum absolute atomic E-state index is 5.73. The van der Waals surface area contributed by atoms with E-state index in [0.717, 1.165) is 11.8 Å². The molecule has 66 valence electrons. The molecule has 0 aliphatic heterocycles. The fourth-order valence-corrected chi connectivity index (χ4v) is 1.55. The van der Waals surface area contributed by atoms with Crippen molar-refractivity contribution in [2.24, 2.45) is 5.73 Å². The van der Waals surface area contributed by atoms with Crippen LogP contribution in [-0.2, 0) is 6.42 Å². The van der Waals surface area contributed by atoms with Gasteiger partial charge in [-0.25, -0.2) is 0 Å². The zero-order valence-corrected chi connectivity index (χ0v) is 8.84. The Bertz CT molecular complexity index is 228. The monoisotopic (exact) mass is 227 g/mol. The maximum Gasteiger partial charge on any atom is 0.0266 e. The van der Waals surface area contributed by atoms with Crippen LogP contribution < -0.4 is 5.73 Å². The van der Waals surface area contributed by atoms with Gasteiger partial charge in [0.1, 0.15) is 0 Å². The largest absolute Gasteiger partial charge is 0.324 e. The molecule has 1 atom stereocenters. The summed E-state index contributed by atoms with van der Waals surface area (Å²) in [6.45, 7) is 2.00. The molecule has 2 heteroatoms. The molecule has 1 aromatic carbocycles. The van der Waals surface area contributed by atoms with Gasteiger partial charge < -0.3 is 5.73 Å². The lowest BCUT2D eigenvalue weighted by molar-refractivity contribution is 0.817. The summed E-state index contributed by atoms with van der Waals surface area (Å²) >= 11 is 3.41. The second-order valence-corrected chi connectivity index (χ2v) is 3.76. The molecule has 2 N–H and O–H groups in total. The number of aryl methyl sites for hydroxylation is 1. The molecule has 0 aliphatic carbocycles. The van der Waals surface area contributed by atoms with Crippen molar-refractivity contribution in [1.82, 2.24) is 0 Å². The molecule has 0 heterocycles. The third kappa shape index (κ3) is 2.61. The van der Waals surface area contributed by atoms with Gasteiger partial charge in [0, 0.05) is 11.4 Å². The highest BCUT2D eigenvalue weighted by Gasteiger charge is 1.97. The van der Waals surface area contributed by atoms with Crippen LogP contribution in [0.3, 0.4) is 0 Å². The van der Waals surface area contributed by atoms with Gasteiger partial charge in [0.05, 0.1) is 0 Å². The van der Waals surface area contributed by atoms with Crippen molar-refractivity contribution in [3.63, 3.8) is 0 Å². The second-order valence-electron chi connectivity index (χ2n) is 2.97. The number of nitrogens with two attached hydrogens (primary N) is 1. The molecular formula is C10H14BrN. The number of benzene rings is 1. The van der Waals surface area contributed by atoms with Crippen molar-refractivity contribution in [3.05, 3.63) is 35.4 Å². The molecule has 0 aliphatic rings. The zero-order valence-electron chi connectivity index (χ0n) is 7.26. The van der Waals surface area contributed by atoms with E-state index in [0.29, 0.717) is 0 Å². The van der Waals surface area contributed by atoms with E-state index >= 15 is 0 Å². The number of alkyl halides is 1. The van der Waals surface area contributed by atoms with Gasteiger partial charge in [0.25, 0.3) is 0 Å². The lowest BCUT2D eigenvalue weighted by atomic mass is 10.1. The summed E-state index contributed by atoms with van der Waals surface area (Å²) in [5.74, 6) is 0. The zero-order chi connectivity index (χ0) is 8.97. The van der Waals surface area contributed by atoms with E-state index in [2.05, 4.69) is 40.2 Å². The summed E-state index contributed by atoms with van der Waals surface area (Å²) in [7, 11) is 0. The summed E-state index contributed by atoms with van der Waals surface area (Å²) in [6, 6.07) is 8.62. The van der Waals surface area contributed by atoms with Crippen LogP contribution in [0.25, 0.3) is 0 Å². The Kier molecular flexibility index (Phi) is 3.76. The standard InChI is InChI=1S/C10H14BrN/c1-8(12)10-4-2-9(3-5-10)6-7-11/h2-5,8H,6-7,12H2,1H3. The van der Waals surface area contributed by atoms with E-state index in [1.165, 1.54) is 11.1 Å². The highest BCUT2D eigenvalue weighted by atomic mass is 79.9. The minimum Gasteiger partial charge on any atom is -0.324 e. The Morgan fingerprint density at radius 3 is 2.33 bits per heavy atom. The van der Waals surface area contributed by atoms with Gasteiger partial charge in [-0.05, 0) is 24.5 Å². The van der Waals surface area contributed by atoms with Gasteiger partial charge in [-0.1, -0.05) is 40.2 Å². The van der Waals surface area contributed by atoms with E-state index in [9.17, 15) is 0 Å². The van der Waals surface area contributed by atoms with E-state index in [4.69, 9.17) is 5.73 Å². The van der Waals surface area contributed by atoms with Crippen LogP contribution in [0.4, 0.5) is 0 Å². The molecule has 0 bridgehead atoms. The Morgan fingerprint density at radius 2 is 1.92 bits per heavy atom. The Morgan fingerprint density at radius 1 is 1.33 bits per heavy atom. The van der Waals surface area contributed by atoms with Gasteiger partial charge >= 0.3 is 0 Å². The van der Waals surface area contributed by atoms with E-state index < -0.39 is 0 Å². The molecule has 0 spiro atoms. The average molecular weight is 228 g/mol. The SMILES string of the molecule is CC(N)c1ccc(CCBr)cc1. The molecular weight excluding hydrogens is 214 g/mol. The average Bonchev–Trinajstić information content (AvgIpc) is 2.06. The molecule has 0 saturated heterocycles. The number of hydrogen-bond donors (Lipinski definition) is 1. The molecule has 0 fully saturated rings. The van der Waals surface area contributed by atoms with Crippen molar-refractivity contribution in [3.8, 4) is 0 Å². The molecule has 0 radical (unpaired) electrons. The number of rotatable bonds is 3. The first-order valence-corrected chi connectivity index (χ1v) is 5.26. The van der Waals surface area contributed by atoms with Crippen LogP contribution in [0.2, 0.25) is 0 Å². The molecule has 0 saturated carbocycles. The predicted octanol–water partition coefficient (Wildman–Crippen LogP) is 2.64. The smallest absolute Gasteiger partial charge is 0.0266 e. The summed E-state index contributed by atoms with van der Waals surface area (Å²) in [4.78, 5) is 0. The van der Waals surface area contributed by atoms with Crippen molar-refractivity contribution < 1.29 is 0 Å². The van der Waals surface area contributed by atoms with Gasteiger partial charge in [-0.3, -0.25) is 0 Å². The first-order valence-electron chi connectivity index (χ1n) is 4.14. The summed E-state index contributed by atoms with van der Waals surface area (Å²) in [5.41, 5.74) is 8.29. The highest BCUT2D eigenvalue weighted by Crippen LogP contribution is 2.11. The van der Waals surface area contributed by atoms with Crippen molar-refractivity contribution >= 4 is 15.9 Å². The molecule has 12 heavy (non-hydrogen) atoms. The maximum atomic E-state index is 5.73. The molecule has 0 aromatic heterocycles.